The topological polar surface area (TPSA) is 0 Å². The van der Waals surface area contributed by atoms with E-state index >= 15 is 0 Å². The molecule has 1 aromatic rings. The van der Waals surface area contributed by atoms with Gasteiger partial charge in [-0.15, -0.1) is 6.58 Å². The van der Waals surface area contributed by atoms with Gasteiger partial charge in [-0.25, -0.2) is 0 Å². The van der Waals surface area contributed by atoms with Gasteiger partial charge in [-0.05, 0) is 68.1 Å². The first-order chi connectivity index (χ1) is 15.3. The van der Waals surface area contributed by atoms with E-state index in [9.17, 15) is 0 Å². The first kappa shape index (κ1) is 32.6. The van der Waals surface area contributed by atoms with Gasteiger partial charge in [0.25, 0.3) is 0 Å². The zero-order chi connectivity index (χ0) is 25.0. The van der Waals surface area contributed by atoms with Gasteiger partial charge in [0.05, 0.1) is 0 Å². The molecule has 0 atom stereocenters. The smallest absolute Gasteiger partial charge is 0.0101 e. The first-order valence-electron chi connectivity index (χ1n) is 13.3. The molecule has 0 fully saturated rings. The molecule has 32 heavy (non-hydrogen) atoms. The average molecular weight is 441 g/mol. The van der Waals surface area contributed by atoms with Crippen molar-refractivity contribution in [2.45, 2.75) is 127 Å². The Morgan fingerprint density at radius 1 is 0.969 bits per heavy atom. The lowest BCUT2D eigenvalue weighted by Gasteiger charge is -2.33. The summed E-state index contributed by atoms with van der Waals surface area (Å²) in [5, 5.41) is 0. The Balaban J connectivity index is 0. The van der Waals surface area contributed by atoms with Crippen molar-refractivity contribution in [1.82, 2.24) is 0 Å². The van der Waals surface area contributed by atoms with Crippen LogP contribution >= 0.6 is 0 Å². The van der Waals surface area contributed by atoms with Crippen LogP contribution in [0.4, 0.5) is 0 Å². The summed E-state index contributed by atoms with van der Waals surface area (Å²) in [6.07, 6.45) is 18.1. The van der Waals surface area contributed by atoms with Gasteiger partial charge in [-0.2, -0.15) is 0 Å². The molecule has 0 aromatic heterocycles. The molecular formula is C32H56. The normalized spacial score (nSPS) is 15.2. The molecule has 0 heterocycles. The van der Waals surface area contributed by atoms with E-state index in [1.807, 2.05) is 20.8 Å². The van der Waals surface area contributed by atoms with Crippen LogP contribution in [0.15, 0.2) is 48.1 Å². The van der Waals surface area contributed by atoms with E-state index < -0.39 is 0 Å². The zero-order valence-corrected chi connectivity index (χ0v) is 23.5. The van der Waals surface area contributed by atoms with Crippen LogP contribution in [0.25, 0.3) is 6.08 Å². The third-order valence-electron chi connectivity index (χ3n) is 5.45. The summed E-state index contributed by atoms with van der Waals surface area (Å²) in [6.45, 7) is 25.1. The number of hydrogen-bond acceptors (Lipinski definition) is 0. The van der Waals surface area contributed by atoms with Crippen LogP contribution in [0, 0.1) is 12.3 Å². The second-order valence-electron chi connectivity index (χ2n) is 9.31. The first-order valence-corrected chi connectivity index (χ1v) is 13.3. The van der Waals surface area contributed by atoms with Gasteiger partial charge in [-0.1, -0.05) is 129 Å². The molecule has 1 aliphatic carbocycles. The molecule has 0 aliphatic heterocycles. The SMILES string of the molecule is C=CC.CC.CCC.CCCCCC1=CC/C(=C\c2ccc(CCC)cc2C)C(C)(C)C1. The van der Waals surface area contributed by atoms with Gasteiger partial charge in [0.2, 0.25) is 0 Å². The van der Waals surface area contributed by atoms with Crippen molar-refractivity contribution in [3.8, 4) is 0 Å². The van der Waals surface area contributed by atoms with Crippen LogP contribution < -0.4 is 0 Å². The van der Waals surface area contributed by atoms with Crippen molar-refractivity contribution in [2.24, 2.45) is 5.41 Å². The molecule has 0 amide bonds. The van der Waals surface area contributed by atoms with E-state index in [0.29, 0.717) is 5.41 Å². The van der Waals surface area contributed by atoms with Crippen molar-refractivity contribution in [2.75, 3.05) is 0 Å². The van der Waals surface area contributed by atoms with Crippen molar-refractivity contribution >= 4 is 6.08 Å². The molecular weight excluding hydrogens is 384 g/mol. The third kappa shape index (κ3) is 13.8. The summed E-state index contributed by atoms with van der Waals surface area (Å²) in [7, 11) is 0. The monoisotopic (exact) mass is 440 g/mol. The molecule has 0 N–H and O–H groups in total. The van der Waals surface area contributed by atoms with Gasteiger partial charge in [0.15, 0.2) is 0 Å². The second kappa shape index (κ2) is 20.1. The molecule has 0 unspecified atom stereocenters. The maximum atomic E-state index is 3.36. The lowest BCUT2D eigenvalue weighted by Crippen LogP contribution is -2.19. The lowest BCUT2D eigenvalue weighted by atomic mass is 9.71. The number of unbranched alkanes of at least 4 members (excludes halogenated alkanes) is 2. The summed E-state index contributed by atoms with van der Waals surface area (Å²) in [6, 6.07) is 7.01. The fraction of sp³-hybridized carbons (Fsp3) is 0.625. The van der Waals surface area contributed by atoms with Gasteiger partial charge in [0, 0.05) is 0 Å². The molecule has 0 heteroatoms. The molecule has 1 aliphatic rings. The Bertz CT molecular complexity index is 655. The van der Waals surface area contributed by atoms with Crippen LogP contribution in [0.5, 0.6) is 0 Å². The number of aryl methyl sites for hydroxylation is 2. The van der Waals surface area contributed by atoms with E-state index in [2.05, 4.69) is 85.4 Å². The molecule has 0 saturated carbocycles. The third-order valence-corrected chi connectivity index (χ3v) is 5.45. The number of allylic oxidation sites excluding steroid dienone is 4. The zero-order valence-electron chi connectivity index (χ0n) is 23.5. The Morgan fingerprint density at radius 3 is 2.03 bits per heavy atom. The Kier molecular flexibility index (Phi) is 20.5. The second-order valence-corrected chi connectivity index (χ2v) is 9.31. The molecule has 2 rings (SSSR count). The minimum Gasteiger partial charge on any atom is -0.103 e. The summed E-state index contributed by atoms with van der Waals surface area (Å²) >= 11 is 0. The van der Waals surface area contributed by atoms with Crippen LogP contribution in [-0.2, 0) is 6.42 Å². The predicted octanol–water partition coefficient (Wildman–Crippen LogP) is 11.3. The van der Waals surface area contributed by atoms with Crippen molar-refractivity contribution in [3.05, 3.63) is 64.8 Å². The molecule has 1 aromatic carbocycles. The van der Waals surface area contributed by atoms with E-state index in [1.54, 1.807) is 17.2 Å². The highest BCUT2D eigenvalue weighted by atomic mass is 14.3. The van der Waals surface area contributed by atoms with Crippen LogP contribution in [-0.4, -0.2) is 0 Å². The molecule has 0 radical (unpaired) electrons. The lowest BCUT2D eigenvalue weighted by molar-refractivity contribution is 0.414. The van der Waals surface area contributed by atoms with Crippen molar-refractivity contribution in [1.29, 1.82) is 0 Å². The van der Waals surface area contributed by atoms with Crippen LogP contribution in [0.2, 0.25) is 0 Å². The van der Waals surface area contributed by atoms with Crippen molar-refractivity contribution < 1.29 is 0 Å². The highest BCUT2D eigenvalue weighted by Gasteiger charge is 2.27. The number of rotatable bonds is 7. The minimum absolute atomic E-state index is 0.296. The predicted molar refractivity (Wildman–Crippen MR) is 152 cm³/mol. The van der Waals surface area contributed by atoms with Crippen LogP contribution in [0.1, 0.15) is 130 Å². The molecule has 0 bridgehead atoms. The Labute approximate surface area is 203 Å². The fourth-order valence-electron chi connectivity index (χ4n) is 3.86. The summed E-state index contributed by atoms with van der Waals surface area (Å²) in [5.74, 6) is 0. The maximum absolute atomic E-state index is 3.36. The standard InChI is InChI=1S/C24H36.C3H8.C3H6.C2H6/c1-6-8-9-11-21-13-15-23(24(4,5)18-21)17-22-14-12-20(10-7-2)16-19(22)3;2*1-3-2;1-2/h12-14,16-17H,6-11,15,18H2,1-5H3;3H2,1-2H3;3H,1H2,2H3;1-2H3/b23-17+;;;. The largest absolute Gasteiger partial charge is 0.103 e. The Hall–Kier alpha value is -1.56. The van der Waals surface area contributed by atoms with E-state index in [-0.39, 0.29) is 0 Å². The molecule has 0 spiro atoms. The Morgan fingerprint density at radius 2 is 1.56 bits per heavy atom. The van der Waals surface area contributed by atoms with Crippen molar-refractivity contribution in [3.63, 3.8) is 0 Å². The van der Waals surface area contributed by atoms with Gasteiger partial charge >= 0.3 is 0 Å². The van der Waals surface area contributed by atoms with E-state index in [1.165, 1.54) is 68.1 Å². The number of hydrogen-bond donors (Lipinski definition) is 0. The van der Waals surface area contributed by atoms with E-state index in [4.69, 9.17) is 0 Å². The summed E-state index contributed by atoms with van der Waals surface area (Å²) in [4.78, 5) is 0. The van der Waals surface area contributed by atoms with E-state index in [0.717, 1.165) is 6.42 Å². The maximum Gasteiger partial charge on any atom is -0.0101 e. The quantitative estimate of drug-likeness (QED) is 0.292. The summed E-state index contributed by atoms with van der Waals surface area (Å²) < 4.78 is 0. The molecule has 184 valence electrons. The fourth-order valence-corrected chi connectivity index (χ4v) is 3.86. The van der Waals surface area contributed by atoms with Gasteiger partial charge in [-0.3, -0.25) is 0 Å². The average Bonchev–Trinajstić information content (AvgIpc) is 2.74. The molecule has 0 nitrogen and oxygen atoms in total. The minimum atomic E-state index is 0.296. The molecule has 0 saturated heterocycles. The van der Waals surface area contributed by atoms with Gasteiger partial charge < -0.3 is 0 Å². The number of benzene rings is 1. The summed E-state index contributed by atoms with van der Waals surface area (Å²) in [5.41, 5.74) is 7.86. The highest BCUT2D eigenvalue weighted by molar-refractivity contribution is 5.59. The highest BCUT2D eigenvalue weighted by Crippen LogP contribution is 2.42. The van der Waals surface area contributed by atoms with Crippen LogP contribution in [0.3, 0.4) is 0 Å². The van der Waals surface area contributed by atoms with Gasteiger partial charge in [0.1, 0.15) is 0 Å².